The maximum absolute atomic E-state index is 11.7. The van der Waals surface area contributed by atoms with Gasteiger partial charge < -0.3 is 21.5 Å². The number of anilines is 2. The Bertz CT molecular complexity index is 488. The molecule has 0 aliphatic heterocycles. The topological polar surface area (TPSA) is 117 Å². The molecule has 7 nitrogen and oxygen atoms in total. The molecule has 1 rings (SSSR count). The van der Waals surface area contributed by atoms with E-state index >= 15 is 0 Å². The molecule has 0 fully saturated rings. The number of nitrogens with one attached hydrogen (secondary N) is 2. The van der Waals surface area contributed by atoms with Crippen LogP contribution in [0.15, 0.2) is 12.3 Å². The van der Waals surface area contributed by atoms with Crippen LogP contribution >= 0.6 is 0 Å². The maximum atomic E-state index is 11.7. The molecule has 1 aromatic heterocycles. The molecule has 1 heterocycles. The largest absolute Gasteiger partial charge is 0.478 e. The smallest absolute Gasteiger partial charge is 0.337 e. The molecule has 1 aromatic rings. The molecule has 0 aliphatic carbocycles. The van der Waals surface area contributed by atoms with Gasteiger partial charge in [0.05, 0.1) is 17.4 Å². The summed E-state index contributed by atoms with van der Waals surface area (Å²) in [5.41, 5.74) is 5.53. The number of aromatic nitrogens is 1. The summed E-state index contributed by atoms with van der Waals surface area (Å²) in [5.74, 6) is -1.04. The summed E-state index contributed by atoms with van der Waals surface area (Å²) in [6, 6.07) is 0.808. The van der Waals surface area contributed by atoms with Gasteiger partial charge in [-0.2, -0.15) is 0 Å². The fraction of sp³-hybridized carbons (Fsp3) is 0.417. The predicted molar refractivity (Wildman–Crippen MR) is 72.0 cm³/mol. The van der Waals surface area contributed by atoms with Crippen molar-refractivity contribution in [2.45, 2.75) is 32.9 Å². The number of nitrogen functional groups attached to an aromatic ring is 1. The Labute approximate surface area is 111 Å². The highest BCUT2D eigenvalue weighted by Crippen LogP contribution is 2.15. The molecule has 1 amide bonds. The number of carboxylic acid groups (broad SMARTS) is 1. The van der Waals surface area contributed by atoms with Gasteiger partial charge in [-0.25, -0.2) is 9.78 Å². The van der Waals surface area contributed by atoms with Gasteiger partial charge in [-0.3, -0.25) is 4.79 Å². The number of nitrogens with two attached hydrogens (primary N) is 1. The number of carbonyl (C=O) groups is 2. The van der Waals surface area contributed by atoms with Gasteiger partial charge in [0.25, 0.3) is 0 Å². The normalized spacial score (nSPS) is 12.0. The van der Waals surface area contributed by atoms with Crippen molar-refractivity contribution in [1.82, 2.24) is 10.3 Å². The maximum Gasteiger partial charge on any atom is 0.337 e. The van der Waals surface area contributed by atoms with E-state index in [1.807, 2.05) is 13.8 Å². The van der Waals surface area contributed by atoms with Crippen molar-refractivity contribution in [2.24, 2.45) is 0 Å². The molecule has 0 radical (unpaired) electrons. The summed E-state index contributed by atoms with van der Waals surface area (Å²) in [4.78, 5) is 26.6. The van der Waals surface area contributed by atoms with E-state index in [0.717, 1.165) is 0 Å². The van der Waals surface area contributed by atoms with Crippen LogP contribution in [-0.2, 0) is 4.79 Å². The SMILES string of the molecule is CC(C)NC(=O)C(C)Nc1cc(C(=O)O)c(N)cn1. The molecule has 19 heavy (non-hydrogen) atoms. The van der Waals surface area contributed by atoms with E-state index in [1.165, 1.54) is 12.3 Å². The summed E-state index contributed by atoms with van der Waals surface area (Å²) in [7, 11) is 0. The lowest BCUT2D eigenvalue weighted by Crippen LogP contribution is -2.41. The van der Waals surface area contributed by atoms with Crippen LogP contribution in [0.4, 0.5) is 11.5 Å². The third-order valence-corrected chi connectivity index (χ3v) is 2.35. The van der Waals surface area contributed by atoms with Crippen molar-refractivity contribution in [3.63, 3.8) is 0 Å². The fourth-order valence-electron chi connectivity index (χ4n) is 1.43. The quantitative estimate of drug-likeness (QED) is 0.622. The predicted octanol–water partition coefficient (Wildman–Crippen LogP) is 0.687. The second kappa shape index (κ2) is 6.03. The highest BCUT2D eigenvalue weighted by Gasteiger charge is 2.15. The van der Waals surface area contributed by atoms with Crippen LogP contribution in [0.1, 0.15) is 31.1 Å². The van der Waals surface area contributed by atoms with Gasteiger partial charge in [-0.1, -0.05) is 0 Å². The molecule has 5 N–H and O–H groups in total. The lowest BCUT2D eigenvalue weighted by atomic mass is 10.2. The zero-order valence-electron chi connectivity index (χ0n) is 11.1. The van der Waals surface area contributed by atoms with Crippen molar-refractivity contribution in [3.8, 4) is 0 Å². The second-order valence-corrected chi connectivity index (χ2v) is 4.49. The van der Waals surface area contributed by atoms with Gasteiger partial charge in [-0.15, -0.1) is 0 Å². The Morgan fingerprint density at radius 1 is 1.37 bits per heavy atom. The van der Waals surface area contributed by atoms with Crippen LogP contribution in [0.3, 0.4) is 0 Å². The second-order valence-electron chi connectivity index (χ2n) is 4.49. The minimum atomic E-state index is -1.14. The summed E-state index contributed by atoms with van der Waals surface area (Å²) in [6.07, 6.45) is 1.25. The van der Waals surface area contributed by atoms with Crippen LogP contribution in [-0.4, -0.2) is 34.1 Å². The molecule has 0 spiro atoms. The lowest BCUT2D eigenvalue weighted by molar-refractivity contribution is -0.122. The van der Waals surface area contributed by atoms with Gasteiger partial charge >= 0.3 is 5.97 Å². The van der Waals surface area contributed by atoms with E-state index in [1.54, 1.807) is 6.92 Å². The third kappa shape index (κ3) is 4.13. The fourth-order valence-corrected chi connectivity index (χ4v) is 1.43. The first-order valence-corrected chi connectivity index (χ1v) is 5.87. The van der Waals surface area contributed by atoms with Gasteiger partial charge in [0, 0.05) is 6.04 Å². The summed E-state index contributed by atoms with van der Waals surface area (Å²) in [6.45, 7) is 5.37. The van der Waals surface area contributed by atoms with E-state index in [4.69, 9.17) is 10.8 Å². The minimum absolute atomic E-state index is 0.0331. The van der Waals surface area contributed by atoms with Crippen LogP contribution in [0.2, 0.25) is 0 Å². The number of aromatic carboxylic acids is 1. The van der Waals surface area contributed by atoms with Crippen molar-refractivity contribution in [2.75, 3.05) is 11.1 Å². The molecule has 7 heteroatoms. The van der Waals surface area contributed by atoms with Crippen molar-refractivity contribution >= 4 is 23.4 Å². The van der Waals surface area contributed by atoms with E-state index in [9.17, 15) is 9.59 Å². The number of carbonyl (C=O) groups excluding carboxylic acids is 1. The third-order valence-electron chi connectivity index (χ3n) is 2.35. The van der Waals surface area contributed by atoms with E-state index in [-0.39, 0.29) is 29.0 Å². The van der Waals surface area contributed by atoms with E-state index < -0.39 is 12.0 Å². The summed E-state index contributed by atoms with van der Waals surface area (Å²) in [5, 5.41) is 14.5. The van der Waals surface area contributed by atoms with Crippen LogP contribution in [0.5, 0.6) is 0 Å². The standard InChI is InChI=1S/C12H18N4O3/c1-6(2)15-11(17)7(3)16-10-4-8(12(18)19)9(13)5-14-10/h4-7H,13H2,1-3H3,(H,14,16)(H,15,17)(H,18,19). The molecule has 1 atom stereocenters. The molecule has 1 unspecified atom stereocenters. The van der Waals surface area contributed by atoms with Crippen LogP contribution in [0, 0.1) is 0 Å². The Morgan fingerprint density at radius 2 is 2.00 bits per heavy atom. The number of hydrogen-bond acceptors (Lipinski definition) is 5. The Balaban J connectivity index is 2.80. The monoisotopic (exact) mass is 266 g/mol. The molecule has 0 aromatic carbocycles. The molecular formula is C12H18N4O3. The number of rotatable bonds is 5. The highest BCUT2D eigenvalue weighted by molar-refractivity contribution is 5.94. The number of amides is 1. The van der Waals surface area contributed by atoms with Crippen LogP contribution < -0.4 is 16.4 Å². The zero-order valence-corrected chi connectivity index (χ0v) is 11.1. The Morgan fingerprint density at radius 3 is 2.53 bits per heavy atom. The summed E-state index contributed by atoms with van der Waals surface area (Å²) < 4.78 is 0. The Hall–Kier alpha value is -2.31. The first-order valence-electron chi connectivity index (χ1n) is 5.87. The minimum Gasteiger partial charge on any atom is -0.478 e. The van der Waals surface area contributed by atoms with Gasteiger partial charge in [0.1, 0.15) is 11.9 Å². The number of nitrogens with zero attached hydrogens (tertiary/aromatic N) is 1. The van der Waals surface area contributed by atoms with Crippen molar-refractivity contribution < 1.29 is 14.7 Å². The van der Waals surface area contributed by atoms with Gasteiger partial charge in [0.2, 0.25) is 5.91 Å². The van der Waals surface area contributed by atoms with Crippen molar-refractivity contribution in [3.05, 3.63) is 17.8 Å². The number of carboxylic acids is 1. The first-order chi connectivity index (χ1) is 8.81. The average molecular weight is 266 g/mol. The zero-order chi connectivity index (χ0) is 14.6. The lowest BCUT2D eigenvalue weighted by Gasteiger charge is -2.16. The number of pyridine rings is 1. The van der Waals surface area contributed by atoms with E-state index in [2.05, 4.69) is 15.6 Å². The molecule has 0 saturated carbocycles. The van der Waals surface area contributed by atoms with Gasteiger partial charge in [-0.05, 0) is 26.8 Å². The number of hydrogen-bond donors (Lipinski definition) is 4. The average Bonchev–Trinajstić information content (AvgIpc) is 2.30. The molecule has 0 aliphatic rings. The molecular weight excluding hydrogens is 248 g/mol. The summed E-state index contributed by atoms with van der Waals surface area (Å²) >= 11 is 0. The van der Waals surface area contributed by atoms with E-state index in [0.29, 0.717) is 0 Å². The molecule has 104 valence electrons. The van der Waals surface area contributed by atoms with Crippen LogP contribution in [0.25, 0.3) is 0 Å². The Kier molecular flexibility index (Phi) is 4.68. The van der Waals surface area contributed by atoms with Crippen molar-refractivity contribution in [1.29, 1.82) is 0 Å². The molecule has 0 bridgehead atoms. The first kappa shape index (κ1) is 14.7. The van der Waals surface area contributed by atoms with Gasteiger partial charge in [0.15, 0.2) is 0 Å². The highest BCUT2D eigenvalue weighted by atomic mass is 16.4. The molecule has 0 saturated heterocycles.